The van der Waals surface area contributed by atoms with E-state index in [2.05, 4.69) is 11.9 Å². The first-order valence-electron chi connectivity index (χ1n) is 5.03. The van der Waals surface area contributed by atoms with E-state index >= 15 is 0 Å². The molecule has 0 aliphatic rings. The van der Waals surface area contributed by atoms with Crippen LogP contribution in [0.4, 0.5) is 0 Å². The van der Waals surface area contributed by atoms with Gasteiger partial charge in [-0.15, -0.1) is 0 Å². The Labute approximate surface area is 91.0 Å². The summed E-state index contributed by atoms with van der Waals surface area (Å²) in [6.07, 6.45) is 0. The fourth-order valence-corrected chi connectivity index (χ4v) is 1.41. The first-order valence-corrected chi connectivity index (χ1v) is 5.03. The molecule has 0 unspecified atom stereocenters. The van der Waals surface area contributed by atoms with Crippen LogP contribution in [-0.2, 0) is 4.79 Å². The summed E-state index contributed by atoms with van der Waals surface area (Å²) in [5.74, 6) is -0.0317. The number of rotatable bonds is 3. The lowest BCUT2D eigenvalue weighted by Gasteiger charge is -2.15. The fourth-order valence-electron chi connectivity index (χ4n) is 1.41. The van der Waals surface area contributed by atoms with Gasteiger partial charge in [0.25, 0.3) is 0 Å². The van der Waals surface area contributed by atoms with E-state index in [1.54, 1.807) is 0 Å². The molecule has 0 aromatic heterocycles. The van der Waals surface area contributed by atoms with Crippen molar-refractivity contribution in [2.75, 3.05) is 0 Å². The number of hydrogen-bond donors (Lipinski definition) is 1. The summed E-state index contributed by atoms with van der Waals surface area (Å²) in [6, 6.07) is 8.11. The SMILES string of the molecule is C=C(c1ccc(C)cc1)[C@H](C)NC(C)=O. The Morgan fingerprint density at radius 2 is 1.87 bits per heavy atom. The van der Waals surface area contributed by atoms with Crippen LogP contribution in [0, 0.1) is 6.92 Å². The van der Waals surface area contributed by atoms with Crippen molar-refractivity contribution in [2.45, 2.75) is 26.8 Å². The van der Waals surface area contributed by atoms with Crippen LogP contribution in [0.15, 0.2) is 30.8 Å². The molecule has 1 aromatic rings. The van der Waals surface area contributed by atoms with Gasteiger partial charge in [0.1, 0.15) is 0 Å². The van der Waals surface area contributed by atoms with Crippen LogP contribution in [0.2, 0.25) is 0 Å². The smallest absolute Gasteiger partial charge is 0.217 e. The number of benzene rings is 1. The van der Waals surface area contributed by atoms with E-state index in [0.29, 0.717) is 0 Å². The van der Waals surface area contributed by atoms with Gasteiger partial charge in [0.15, 0.2) is 0 Å². The standard InChI is InChI=1S/C13H17NO/c1-9-5-7-13(8-6-9)10(2)11(3)14-12(4)15/h5-8,11H,2H2,1,3-4H3,(H,14,15)/t11-/m0/s1. The Morgan fingerprint density at radius 3 is 2.33 bits per heavy atom. The summed E-state index contributed by atoms with van der Waals surface area (Å²) in [5.41, 5.74) is 3.23. The second kappa shape index (κ2) is 4.78. The van der Waals surface area contributed by atoms with Crippen molar-refractivity contribution in [1.82, 2.24) is 5.32 Å². The molecule has 0 saturated carbocycles. The molecule has 15 heavy (non-hydrogen) atoms. The van der Waals surface area contributed by atoms with Crippen LogP contribution < -0.4 is 5.32 Å². The molecule has 0 aliphatic carbocycles. The van der Waals surface area contributed by atoms with Gasteiger partial charge in [0, 0.05) is 6.92 Å². The molecule has 2 nitrogen and oxygen atoms in total. The van der Waals surface area contributed by atoms with Gasteiger partial charge >= 0.3 is 0 Å². The monoisotopic (exact) mass is 203 g/mol. The largest absolute Gasteiger partial charge is 0.350 e. The average Bonchev–Trinajstić information content (AvgIpc) is 2.17. The van der Waals surface area contributed by atoms with Gasteiger partial charge in [0.2, 0.25) is 5.91 Å². The lowest BCUT2D eigenvalue weighted by Crippen LogP contribution is -2.31. The number of carbonyl (C=O) groups excluding carboxylic acids is 1. The van der Waals surface area contributed by atoms with Crippen LogP contribution in [-0.4, -0.2) is 11.9 Å². The molecule has 2 heteroatoms. The molecule has 80 valence electrons. The molecule has 0 aliphatic heterocycles. The molecule has 0 radical (unpaired) electrons. The van der Waals surface area contributed by atoms with E-state index < -0.39 is 0 Å². The lowest BCUT2D eigenvalue weighted by molar-refractivity contribution is -0.119. The van der Waals surface area contributed by atoms with E-state index in [9.17, 15) is 4.79 Å². The van der Waals surface area contributed by atoms with Gasteiger partial charge in [-0.1, -0.05) is 36.4 Å². The van der Waals surface area contributed by atoms with Crippen LogP contribution in [0.25, 0.3) is 5.57 Å². The zero-order valence-electron chi connectivity index (χ0n) is 9.50. The molecule has 1 atom stereocenters. The number of hydrogen-bond acceptors (Lipinski definition) is 1. The summed E-state index contributed by atoms with van der Waals surface area (Å²) < 4.78 is 0. The highest BCUT2D eigenvalue weighted by Gasteiger charge is 2.08. The van der Waals surface area contributed by atoms with Crippen LogP contribution in [0.3, 0.4) is 0 Å². The Bertz CT molecular complexity index is 365. The normalized spacial score (nSPS) is 11.9. The lowest BCUT2D eigenvalue weighted by atomic mass is 10.0. The van der Waals surface area contributed by atoms with Gasteiger partial charge in [-0.25, -0.2) is 0 Å². The summed E-state index contributed by atoms with van der Waals surface area (Å²) in [5, 5.41) is 2.82. The predicted octanol–water partition coefficient (Wildman–Crippen LogP) is 2.53. The van der Waals surface area contributed by atoms with E-state index in [4.69, 9.17) is 0 Å². The predicted molar refractivity (Wildman–Crippen MR) is 63.5 cm³/mol. The van der Waals surface area contributed by atoms with Gasteiger partial charge < -0.3 is 5.32 Å². The van der Waals surface area contributed by atoms with E-state index in [0.717, 1.165) is 11.1 Å². The molecule has 0 spiro atoms. The van der Waals surface area contributed by atoms with Crippen molar-refractivity contribution in [3.05, 3.63) is 42.0 Å². The number of amides is 1. The third-order valence-corrected chi connectivity index (χ3v) is 2.36. The van der Waals surface area contributed by atoms with Crippen molar-refractivity contribution >= 4 is 11.5 Å². The average molecular weight is 203 g/mol. The van der Waals surface area contributed by atoms with Crippen LogP contribution in [0.5, 0.6) is 0 Å². The minimum Gasteiger partial charge on any atom is -0.350 e. The molecular formula is C13H17NO. The fraction of sp³-hybridized carbons (Fsp3) is 0.308. The summed E-state index contributed by atoms with van der Waals surface area (Å²) >= 11 is 0. The molecule has 0 bridgehead atoms. The first kappa shape index (κ1) is 11.5. The maximum Gasteiger partial charge on any atom is 0.217 e. The highest BCUT2D eigenvalue weighted by Crippen LogP contribution is 2.16. The summed E-state index contributed by atoms with van der Waals surface area (Å²) in [6.45, 7) is 9.49. The van der Waals surface area contributed by atoms with E-state index in [1.165, 1.54) is 12.5 Å². The number of aryl methyl sites for hydroxylation is 1. The van der Waals surface area contributed by atoms with Gasteiger partial charge in [-0.05, 0) is 25.0 Å². The highest BCUT2D eigenvalue weighted by molar-refractivity contribution is 5.77. The molecule has 0 heterocycles. The van der Waals surface area contributed by atoms with Gasteiger partial charge in [-0.3, -0.25) is 4.79 Å². The minimum atomic E-state index is -0.0317. The van der Waals surface area contributed by atoms with Crippen LogP contribution in [0.1, 0.15) is 25.0 Å². The Balaban J connectivity index is 2.76. The van der Waals surface area contributed by atoms with Crippen molar-refractivity contribution < 1.29 is 4.79 Å². The third kappa shape index (κ3) is 3.24. The number of nitrogens with one attached hydrogen (secondary N) is 1. The van der Waals surface area contributed by atoms with Crippen molar-refractivity contribution in [3.63, 3.8) is 0 Å². The maximum absolute atomic E-state index is 10.9. The molecule has 1 rings (SSSR count). The van der Waals surface area contributed by atoms with Gasteiger partial charge in [-0.2, -0.15) is 0 Å². The molecule has 0 saturated heterocycles. The Kier molecular flexibility index (Phi) is 3.67. The summed E-state index contributed by atoms with van der Waals surface area (Å²) in [4.78, 5) is 10.9. The Hall–Kier alpha value is -1.57. The molecule has 1 aromatic carbocycles. The first-order chi connectivity index (χ1) is 7.00. The summed E-state index contributed by atoms with van der Waals surface area (Å²) in [7, 11) is 0. The molecule has 1 N–H and O–H groups in total. The number of carbonyl (C=O) groups is 1. The quantitative estimate of drug-likeness (QED) is 0.803. The van der Waals surface area contributed by atoms with Gasteiger partial charge in [0.05, 0.1) is 6.04 Å². The van der Waals surface area contributed by atoms with Crippen molar-refractivity contribution in [2.24, 2.45) is 0 Å². The minimum absolute atomic E-state index is 0.0230. The maximum atomic E-state index is 10.9. The topological polar surface area (TPSA) is 29.1 Å². The molecule has 1 amide bonds. The van der Waals surface area contributed by atoms with Crippen molar-refractivity contribution in [3.8, 4) is 0 Å². The highest BCUT2D eigenvalue weighted by atomic mass is 16.1. The zero-order chi connectivity index (χ0) is 11.4. The molecule has 0 fully saturated rings. The van der Waals surface area contributed by atoms with Crippen LogP contribution >= 0.6 is 0 Å². The zero-order valence-corrected chi connectivity index (χ0v) is 9.50. The Morgan fingerprint density at radius 1 is 1.33 bits per heavy atom. The second-order valence-corrected chi connectivity index (χ2v) is 3.81. The second-order valence-electron chi connectivity index (χ2n) is 3.81. The molecular weight excluding hydrogens is 186 g/mol. The van der Waals surface area contributed by atoms with E-state index in [1.807, 2.05) is 38.1 Å². The van der Waals surface area contributed by atoms with E-state index in [-0.39, 0.29) is 11.9 Å². The third-order valence-electron chi connectivity index (χ3n) is 2.36. The van der Waals surface area contributed by atoms with Crippen molar-refractivity contribution in [1.29, 1.82) is 0 Å².